The number of carbonyl (C=O) groups is 1. The molecule has 0 radical (unpaired) electrons. The second-order valence-corrected chi connectivity index (χ2v) is 3.74. The molecular formula is C6H11NOS. The topological polar surface area (TPSA) is 29.1 Å². The van der Waals surface area contributed by atoms with E-state index < -0.39 is 0 Å². The summed E-state index contributed by atoms with van der Waals surface area (Å²) in [4.78, 5) is 10.7. The molecule has 2 nitrogen and oxygen atoms in total. The van der Waals surface area contributed by atoms with E-state index in [9.17, 15) is 4.79 Å². The SMILES string of the molecule is CC1NC(=O)CSC1C. The average molecular weight is 145 g/mol. The molecule has 1 aliphatic rings. The minimum Gasteiger partial charge on any atom is -0.352 e. The lowest BCUT2D eigenvalue weighted by atomic mass is 10.2. The summed E-state index contributed by atoms with van der Waals surface area (Å²) in [5.74, 6) is 0.802. The molecule has 0 saturated carbocycles. The van der Waals surface area contributed by atoms with Gasteiger partial charge in [-0.1, -0.05) is 6.92 Å². The summed E-state index contributed by atoms with van der Waals surface area (Å²) in [5.41, 5.74) is 0. The highest BCUT2D eigenvalue weighted by atomic mass is 32.2. The van der Waals surface area contributed by atoms with Gasteiger partial charge < -0.3 is 5.32 Å². The number of hydrogen-bond donors (Lipinski definition) is 1. The molecule has 1 saturated heterocycles. The van der Waals surface area contributed by atoms with Crippen molar-refractivity contribution in [3.63, 3.8) is 0 Å². The number of amides is 1. The Hall–Kier alpha value is -0.180. The predicted octanol–water partition coefficient (Wildman–Crippen LogP) is 0.626. The average Bonchev–Trinajstić information content (AvgIpc) is 1.80. The minimum atomic E-state index is 0.172. The van der Waals surface area contributed by atoms with Crippen LogP contribution in [-0.2, 0) is 4.79 Å². The van der Waals surface area contributed by atoms with E-state index in [1.165, 1.54) is 0 Å². The van der Waals surface area contributed by atoms with Gasteiger partial charge in [0, 0.05) is 11.3 Å². The number of carbonyl (C=O) groups excluding carboxylic acids is 1. The molecule has 0 aliphatic carbocycles. The maximum absolute atomic E-state index is 10.7. The van der Waals surface area contributed by atoms with Crippen LogP contribution in [0.3, 0.4) is 0 Å². The molecule has 0 aromatic heterocycles. The van der Waals surface area contributed by atoms with Crippen molar-refractivity contribution in [1.82, 2.24) is 5.32 Å². The largest absolute Gasteiger partial charge is 0.352 e. The van der Waals surface area contributed by atoms with Crippen LogP contribution in [0.1, 0.15) is 13.8 Å². The standard InChI is InChI=1S/C6H11NOS/c1-4-5(2)9-3-6(8)7-4/h4-5H,3H2,1-2H3,(H,7,8). The molecular weight excluding hydrogens is 134 g/mol. The summed E-state index contributed by atoms with van der Waals surface area (Å²) >= 11 is 1.72. The molecule has 3 heteroatoms. The maximum atomic E-state index is 10.7. The van der Waals surface area contributed by atoms with E-state index in [1.54, 1.807) is 11.8 Å². The molecule has 1 amide bonds. The Morgan fingerprint density at radius 1 is 1.67 bits per heavy atom. The second-order valence-electron chi connectivity index (χ2n) is 2.37. The fourth-order valence-electron chi connectivity index (χ4n) is 0.764. The summed E-state index contributed by atoms with van der Waals surface area (Å²) in [6, 6.07) is 0.344. The Labute approximate surface area is 59.4 Å². The fourth-order valence-corrected chi connectivity index (χ4v) is 1.62. The monoisotopic (exact) mass is 145 g/mol. The summed E-state index contributed by atoms with van der Waals surface area (Å²) in [6.07, 6.45) is 0. The van der Waals surface area contributed by atoms with Gasteiger partial charge in [-0.3, -0.25) is 4.79 Å². The van der Waals surface area contributed by atoms with Gasteiger partial charge in [0.1, 0.15) is 0 Å². The number of hydrogen-bond acceptors (Lipinski definition) is 2. The maximum Gasteiger partial charge on any atom is 0.230 e. The fraction of sp³-hybridized carbons (Fsp3) is 0.833. The van der Waals surface area contributed by atoms with E-state index >= 15 is 0 Å². The second kappa shape index (κ2) is 2.60. The molecule has 0 aromatic carbocycles. The molecule has 9 heavy (non-hydrogen) atoms. The van der Waals surface area contributed by atoms with Gasteiger partial charge in [-0.25, -0.2) is 0 Å². The number of thioether (sulfide) groups is 1. The number of rotatable bonds is 0. The predicted molar refractivity (Wildman–Crippen MR) is 39.5 cm³/mol. The molecule has 0 aromatic rings. The van der Waals surface area contributed by atoms with E-state index in [4.69, 9.17) is 0 Å². The van der Waals surface area contributed by atoms with Crippen molar-refractivity contribution < 1.29 is 4.79 Å². The normalized spacial score (nSPS) is 36.0. The summed E-state index contributed by atoms with van der Waals surface area (Å²) in [6.45, 7) is 4.17. The van der Waals surface area contributed by atoms with E-state index in [1.807, 2.05) is 6.92 Å². The highest BCUT2D eigenvalue weighted by molar-refractivity contribution is 8.00. The third-order valence-electron chi connectivity index (χ3n) is 1.57. The van der Waals surface area contributed by atoms with Crippen molar-refractivity contribution in [3.05, 3.63) is 0 Å². The van der Waals surface area contributed by atoms with Crippen LogP contribution in [0.4, 0.5) is 0 Å². The first-order valence-electron chi connectivity index (χ1n) is 3.11. The molecule has 52 valence electrons. The summed E-state index contributed by atoms with van der Waals surface area (Å²) in [7, 11) is 0. The molecule has 1 N–H and O–H groups in total. The van der Waals surface area contributed by atoms with Crippen molar-refractivity contribution in [2.75, 3.05) is 5.75 Å². The van der Waals surface area contributed by atoms with Crippen molar-refractivity contribution in [2.45, 2.75) is 25.1 Å². The van der Waals surface area contributed by atoms with E-state index in [0.717, 1.165) is 0 Å². The van der Waals surface area contributed by atoms with Gasteiger partial charge in [0.2, 0.25) is 5.91 Å². The quantitative estimate of drug-likeness (QED) is 0.541. The lowest BCUT2D eigenvalue weighted by Gasteiger charge is -2.25. The molecule has 1 fully saturated rings. The van der Waals surface area contributed by atoms with Gasteiger partial charge in [-0.05, 0) is 6.92 Å². The Kier molecular flexibility index (Phi) is 2.01. The summed E-state index contributed by atoms with van der Waals surface area (Å²) in [5, 5.41) is 3.44. The third-order valence-corrected chi connectivity index (χ3v) is 2.93. The molecule has 0 spiro atoms. The molecule has 2 atom stereocenters. The van der Waals surface area contributed by atoms with Crippen LogP contribution in [0, 0.1) is 0 Å². The molecule has 0 bridgehead atoms. The lowest BCUT2D eigenvalue weighted by molar-refractivity contribution is -0.119. The smallest absolute Gasteiger partial charge is 0.230 e. The Morgan fingerprint density at radius 3 is 2.78 bits per heavy atom. The van der Waals surface area contributed by atoms with Crippen molar-refractivity contribution in [3.8, 4) is 0 Å². The van der Waals surface area contributed by atoms with Gasteiger partial charge in [0.05, 0.1) is 5.75 Å². The molecule has 1 heterocycles. The van der Waals surface area contributed by atoms with Gasteiger partial charge in [-0.2, -0.15) is 0 Å². The van der Waals surface area contributed by atoms with E-state index in [2.05, 4.69) is 12.2 Å². The first-order valence-corrected chi connectivity index (χ1v) is 4.16. The first-order chi connectivity index (χ1) is 4.20. The van der Waals surface area contributed by atoms with Crippen LogP contribution in [-0.4, -0.2) is 23.0 Å². The van der Waals surface area contributed by atoms with Crippen LogP contribution in [0.15, 0.2) is 0 Å². The highest BCUT2D eigenvalue weighted by Gasteiger charge is 2.20. The van der Waals surface area contributed by atoms with Crippen molar-refractivity contribution >= 4 is 17.7 Å². The molecule has 1 aliphatic heterocycles. The lowest BCUT2D eigenvalue weighted by Crippen LogP contribution is -2.44. The van der Waals surface area contributed by atoms with Crippen LogP contribution in [0.25, 0.3) is 0 Å². The van der Waals surface area contributed by atoms with E-state index in [0.29, 0.717) is 17.0 Å². The van der Waals surface area contributed by atoms with Gasteiger partial charge in [0.25, 0.3) is 0 Å². The van der Waals surface area contributed by atoms with Crippen LogP contribution in [0.5, 0.6) is 0 Å². The minimum absolute atomic E-state index is 0.172. The van der Waals surface area contributed by atoms with Gasteiger partial charge in [0.15, 0.2) is 0 Å². The zero-order valence-electron chi connectivity index (χ0n) is 5.68. The molecule has 2 unspecified atom stereocenters. The first kappa shape index (κ1) is 6.93. The Bertz CT molecular complexity index is 126. The van der Waals surface area contributed by atoms with Crippen LogP contribution < -0.4 is 5.32 Å². The van der Waals surface area contributed by atoms with Crippen LogP contribution in [0.2, 0.25) is 0 Å². The van der Waals surface area contributed by atoms with Gasteiger partial charge in [-0.15, -0.1) is 11.8 Å². The Balaban J connectivity index is 2.44. The Morgan fingerprint density at radius 2 is 2.33 bits per heavy atom. The third kappa shape index (κ3) is 1.61. The zero-order chi connectivity index (χ0) is 6.85. The van der Waals surface area contributed by atoms with Crippen molar-refractivity contribution in [1.29, 1.82) is 0 Å². The summed E-state index contributed by atoms with van der Waals surface area (Å²) < 4.78 is 0. The van der Waals surface area contributed by atoms with Gasteiger partial charge >= 0.3 is 0 Å². The number of nitrogens with one attached hydrogen (secondary N) is 1. The van der Waals surface area contributed by atoms with Crippen molar-refractivity contribution in [2.24, 2.45) is 0 Å². The molecule has 1 rings (SSSR count). The highest BCUT2D eigenvalue weighted by Crippen LogP contribution is 2.17. The van der Waals surface area contributed by atoms with E-state index in [-0.39, 0.29) is 5.91 Å². The van der Waals surface area contributed by atoms with Crippen LogP contribution >= 0.6 is 11.8 Å². The zero-order valence-corrected chi connectivity index (χ0v) is 6.49.